The molecule has 2 aromatic carbocycles. The Kier molecular flexibility index (Phi) is 3.44. The molecule has 20 heavy (non-hydrogen) atoms. The van der Waals surface area contributed by atoms with Crippen molar-refractivity contribution in [2.24, 2.45) is 0 Å². The third kappa shape index (κ3) is 2.53. The summed E-state index contributed by atoms with van der Waals surface area (Å²) in [6.07, 6.45) is 1.74. The highest BCUT2D eigenvalue weighted by Gasteiger charge is 2.04. The smallest absolute Gasteiger partial charge is 0.138 e. The number of fused-ring (bicyclic) bond motifs is 1. The van der Waals surface area contributed by atoms with E-state index in [9.17, 15) is 5.11 Å². The zero-order chi connectivity index (χ0) is 13.9. The highest BCUT2D eigenvalue weighted by atomic mass is 35.5. The standard InChI is InChI=1S/C16H13ClN2O/c17-10-11-1-4-13(5-2-11)19-16-15-9-14(20)6-3-12(15)7-8-18-16/h1-9,20H,10H2,(H,18,19). The maximum absolute atomic E-state index is 9.62. The lowest BCUT2D eigenvalue weighted by Gasteiger charge is -2.09. The van der Waals surface area contributed by atoms with Crippen molar-refractivity contribution in [2.75, 3.05) is 5.32 Å². The molecule has 0 bridgehead atoms. The Labute approximate surface area is 121 Å². The molecule has 0 aliphatic heterocycles. The third-order valence-corrected chi connectivity index (χ3v) is 3.43. The first kappa shape index (κ1) is 12.8. The minimum atomic E-state index is 0.228. The van der Waals surface area contributed by atoms with Gasteiger partial charge in [-0.1, -0.05) is 18.2 Å². The van der Waals surface area contributed by atoms with E-state index in [-0.39, 0.29) is 5.75 Å². The predicted octanol–water partition coefficient (Wildman–Crippen LogP) is 4.42. The lowest BCUT2D eigenvalue weighted by atomic mass is 10.1. The van der Waals surface area contributed by atoms with E-state index in [0.717, 1.165) is 27.8 Å². The van der Waals surface area contributed by atoms with Crippen molar-refractivity contribution in [1.29, 1.82) is 0 Å². The number of benzene rings is 2. The van der Waals surface area contributed by atoms with Crippen molar-refractivity contribution in [1.82, 2.24) is 4.98 Å². The van der Waals surface area contributed by atoms with E-state index in [2.05, 4.69) is 10.3 Å². The number of phenols is 1. The fourth-order valence-corrected chi connectivity index (χ4v) is 2.25. The number of rotatable bonds is 3. The minimum absolute atomic E-state index is 0.228. The van der Waals surface area contributed by atoms with Crippen LogP contribution in [0.1, 0.15) is 5.56 Å². The van der Waals surface area contributed by atoms with Gasteiger partial charge in [-0.3, -0.25) is 0 Å². The Morgan fingerprint density at radius 2 is 1.85 bits per heavy atom. The minimum Gasteiger partial charge on any atom is -0.508 e. The normalized spacial score (nSPS) is 10.7. The Morgan fingerprint density at radius 1 is 1.05 bits per heavy atom. The van der Waals surface area contributed by atoms with Crippen LogP contribution >= 0.6 is 11.6 Å². The van der Waals surface area contributed by atoms with Crippen LogP contribution in [0.25, 0.3) is 10.8 Å². The number of aromatic nitrogens is 1. The summed E-state index contributed by atoms with van der Waals surface area (Å²) < 4.78 is 0. The van der Waals surface area contributed by atoms with Crippen LogP contribution in [-0.2, 0) is 5.88 Å². The van der Waals surface area contributed by atoms with Gasteiger partial charge in [0.25, 0.3) is 0 Å². The fraction of sp³-hybridized carbons (Fsp3) is 0.0625. The summed E-state index contributed by atoms with van der Waals surface area (Å²) in [5.74, 6) is 1.45. The number of halogens is 1. The molecule has 2 N–H and O–H groups in total. The quantitative estimate of drug-likeness (QED) is 0.700. The zero-order valence-electron chi connectivity index (χ0n) is 10.7. The van der Waals surface area contributed by atoms with Gasteiger partial charge in [0.15, 0.2) is 0 Å². The van der Waals surface area contributed by atoms with Gasteiger partial charge < -0.3 is 10.4 Å². The molecule has 4 heteroatoms. The Hall–Kier alpha value is -2.26. The Bertz CT molecular complexity index is 741. The first-order valence-electron chi connectivity index (χ1n) is 6.26. The van der Waals surface area contributed by atoms with Crippen LogP contribution in [0.2, 0.25) is 0 Å². The molecule has 0 amide bonds. The van der Waals surface area contributed by atoms with Crippen molar-refractivity contribution >= 4 is 33.9 Å². The van der Waals surface area contributed by atoms with Crippen molar-refractivity contribution in [3.63, 3.8) is 0 Å². The molecule has 3 rings (SSSR count). The molecular weight excluding hydrogens is 272 g/mol. The van der Waals surface area contributed by atoms with Gasteiger partial charge in [0.1, 0.15) is 11.6 Å². The Balaban J connectivity index is 1.99. The molecule has 0 saturated carbocycles. The number of hydrogen-bond acceptors (Lipinski definition) is 3. The van der Waals surface area contributed by atoms with Crippen LogP contribution in [0, 0.1) is 0 Å². The molecule has 0 saturated heterocycles. The largest absolute Gasteiger partial charge is 0.508 e. The van der Waals surface area contributed by atoms with Crippen molar-refractivity contribution in [3.05, 3.63) is 60.3 Å². The van der Waals surface area contributed by atoms with Gasteiger partial charge in [0, 0.05) is 23.2 Å². The average Bonchev–Trinajstić information content (AvgIpc) is 2.49. The summed E-state index contributed by atoms with van der Waals surface area (Å²) in [5.41, 5.74) is 2.00. The monoisotopic (exact) mass is 284 g/mol. The lowest BCUT2D eigenvalue weighted by Crippen LogP contribution is -1.94. The number of hydrogen-bond donors (Lipinski definition) is 2. The second kappa shape index (κ2) is 5.39. The number of pyridine rings is 1. The molecule has 3 aromatic rings. The first-order valence-corrected chi connectivity index (χ1v) is 6.79. The average molecular weight is 285 g/mol. The molecule has 0 aliphatic rings. The van der Waals surface area contributed by atoms with E-state index >= 15 is 0 Å². The SMILES string of the molecule is Oc1ccc2ccnc(Nc3ccc(CCl)cc3)c2c1. The molecule has 100 valence electrons. The summed E-state index contributed by atoms with van der Waals surface area (Å²) >= 11 is 5.77. The molecule has 0 radical (unpaired) electrons. The Morgan fingerprint density at radius 3 is 2.60 bits per heavy atom. The van der Waals surface area contributed by atoms with E-state index in [0.29, 0.717) is 5.88 Å². The second-order valence-electron chi connectivity index (χ2n) is 4.52. The number of aromatic hydroxyl groups is 1. The van der Waals surface area contributed by atoms with E-state index in [4.69, 9.17) is 11.6 Å². The molecular formula is C16H13ClN2O. The molecule has 1 heterocycles. The fourth-order valence-electron chi connectivity index (χ4n) is 2.07. The summed E-state index contributed by atoms with van der Waals surface area (Å²) in [7, 11) is 0. The topological polar surface area (TPSA) is 45.2 Å². The van der Waals surface area contributed by atoms with Gasteiger partial charge in [-0.25, -0.2) is 4.98 Å². The first-order chi connectivity index (χ1) is 9.76. The van der Waals surface area contributed by atoms with Gasteiger partial charge in [0.05, 0.1) is 0 Å². The van der Waals surface area contributed by atoms with Crippen LogP contribution in [-0.4, -0.2) is 10.1 Å². The van der Waals surface area contributed by atoms with Crippen LogP contribution in [0.5, 0.6) is 5.75 Å². The van der Waals surface area contributed by atoms with E-state index in [1.54, 1.807) is 18.3 Å². The zero-order valence-corrected chi connectivity index (χ0v) is 11.4. The van der Waals surface area contributed by atoms with Gasteiger partial charge >= 0.3 is 0 Å². The van der Waals surface area contributed by atoms with E-state index < -0.39 is 0 Å². The molecule has 0 unspecified atom stereocenters. The van der Waals surface area contributed by atoms with Gasteiger partial charge in [-0.2, -0.15) is 0 Å². The highest BCUT2D eigenvalue weighted by molar-refractivity contribution is 6.17. The summed E-state index contributed by atoms with van der Waals surface area (Å²) in [6, 6.07) is 15.0. The number of phenolic OH excluding ortho intramolecular Hbond substituents is 1. The second-order valence-corrected chi connectivity index (χ2v) is 4.79. The van der Waals surface area contributed by atoms with Crippen LogP contribution in [0.4, 0.5) is 11.5 Å². The van der Waals surface area contributed by atoms with Crippen molar-refractivity contribution in [3.8, 4) is 5.75 Å². The lowest BCUT2D eigenvalue weighted by molar-refractivity contribution is 0.476. The van der Waals surface area contributed by atoms with E-state index in [1.807, 2.05) is 36.4 Å². The highest BCUT2D eigenvalue weighted by Crippen LogP contribution is 2.27. The third-order valence-electron chi connectivity index (χ3n) is 3.12. The maximum Gasteiger partial charge on any atom is 0.138 e. The maximum atomic E-state index is 9.62. The summed E-state index contributed by atoms with van der Waals surface area (Å²) in [5, 5.41) is 14.8. The summed E-state index contributed by atoms with van der Waals surface area (Å²) in [6.45, 7) is 0. The molecule has 0 atom stereocenters. The molecule has 1 aromatic heterocycles. The van der Waals surface area contributed by atoms with E-state index in [1.165, 1.54) is 0 Å². The van der Waals surface area contributed by atoms with Gasteiger partial charge in [-0.05, 0) is 41.3 Å². The number of nitrogens with zero attached hydrogens (tertiary/aromatic N) is 1. The molecule has 0 aliphatic carbocycles. The van der Waals surface area contributed by atoms with Gasteiger partial charge in [-0.15, -0.1) is 11.6 Å². The van der Waals surface area contributed by atoms with Crippen LogP contribution < -0.4 is 5.32 Å². The summed E-state index contributed by atoms with van der Waals surface area (Å²) in [4.78, 5) is 4.34. The van der Waals surface area contributed by atoms with Crippen molar-refractivity contribution in [2.45, 2.75) is 5.88 Å². The van der Waals surface area contributed by atoms with Crippen molar-refractivity contribution < 1.29 is 5.11 Å². The predicted molar refractivity (Wildman–Crippen MR) is 82.7 cm³/mol. The van der Waals surface area contributed by atoms with Gasteiger partial charge in [0.2, 0.25) is 0 Å². The number of alkyl halides is 1. The molecule has 0 spiro atoms. The number of nitrogens with one attached hydrogen (secondary N) is 1. The molecule has 0 fully saturated rings. The number of anilines is 2. The van der Waals surface area contributed by atoms with Crippen LogP contribution in [0.15, 0.2) is 54.7 Å². The molecule has 3 nitrogen and oxygen atoms in total. The van der Waals surface area contributed by atoms with Crippen LogP contribution in [0.3, 0.4) is 0 Å².